The monoisotopic (exact) mass is 468 g/mol. The molecule has 1 saturated heterocycles. The van der Waals surface area contributed by atoms with Crippen molar-refractivity contribution >= 4 is 5.69 Å². The average Bonchev–Trinajstić information content (AvgIpc) is 3.31. The topological polar surface area (TPSA) is 68.5 Å². The van der Waals surface area contributed by atoms with Gasteiger partial charge in [0.1, 0.15) is 5.82 Å². The molecular formula is C25H33FN6O2. The van der Waals surface area contributed by atoms with Crippen LogP contribution in [-0.4, -0.2) is 65.5 Å². The van der Waals surface area contributed by atoms with Gasteiger partial charge in [0.25, 0.3) is 0 Å². The number of rotatable bonds is 9. The molecule has 1 fully saturated rings. The minimum Gasteiger partial charge on any atom is -0.493 e. The molecule has 1 atom stereocenters. The van der Waals surface area contributed by atoms with Crippen molar-refractivity contribution in [2.24, 2.45) is 5.92 Å². The highest BCUT2D eigenvalue weighted by Gasteiger charge is 2.31. The number of ether oxygens (including phenoxy) is 2. The van der Waals surface area contributed by atoms with E-state index in [2.05, 4.69) is 39.2 Å². The predicted octanol–water partition coefficient (Wildman–Crippen LogP) is 3.59. The maximum absolute atomic E-state index is 13.3. The molecule has 0 aliphatic carbocycles. The Balaban J connectivity index is 1.44. The molecule has 0 amide bonds. The van der Waals surface area contributed by atoms with Crippen LogP contribution in [0.15, 0.2) is 42.5 Å². The Bertz CT molecular complexity index is 1060. The van der Waals surface area contributed by atoms with E-state index in [0.717, 1.165) is 55.4 Å². The lowest BCUT2D eigenvalue weighted by Gasteiger charge is -2.41. The molecule has 2 heterocycles. The number of methoxy groups -OCH3 is 2. The summed E-state index contributed by atoms with van der Waals surface area (Å²) in [5.74, 6) is 2.47. The van der Waals surface area contributed by atoms with Crippen LogP contribution in [0.4, 0.5) is 10.1 Å². The number of halogens is 1. The zero-order valence-corrected chi connectivity index (χ0v) is 20.3. The molecular weight excluding hydrogens is 435 g/mol. The molecule has 1 aliphatic rings. The number of piperazine rings is 1. The maximum Gasteiger partial charge on any atom is 0.168 e. The van der Waals surface area contributed by atoms with Crippen LogP contribution in [0.25, 0.3) is 0 Å². The van der Waals surface area contributed by atoms with Crippen molar-refractivity contribution in [3.63, 3.8) is 0 Å². The number of hydrogen-bond donors (Lipinski definition) is 0. The molecule has 1 aliphatic heterocycles. The molecule has 0 unspecified atom stereocenters. The molecule has 8 nitrogen and oxygen atoms in total. The van der Waals surface area contributed by atoms with Gasteiger partial charge in [-0.15, -0.1) is 5.10 Å². The minimum atomic E-state index is -0.206. The highest BCUT2D eigenvalue weighted by Crippen LogP contribution is 2.30. The van der Waals surface area contributed by atoms with Crippen LogP contribution in [-0.2, 0) is 13.0 Å². The molecule has 3 aromatic rings. The molecule has 0 spiro atoms. The van der Waals surface area contributed by atoms with Crippen molar-refractivity contribution in [3.8, 4) is 11.5 Å². The van der Waals surface area contributed by atoms with Crippen molar-refractivity contribution in [3.05, 3.63) is 59.7 Å². The fraction of sp³-hybridized carbons (Fsp3) is 0.480. The maximum atomic E-state index is 13.3. The second-order valence-electron chi connectivity index (χ2n) is 8.89. The minimum absolute atomic E-state index is 0.121. The number of nitrogens with zero attached hydrogens (tertiary/aromatic N) is 6. The second-order valence-corrected chi connectivity index (χ2v) is 8.89. The van der Waals surface area contributed by atoms with Crippen LogP contribution in [0, 0.1) is 11.7 Å². The Kier molecular flexibility index (Phi) is 7.62. The third-order valence-electron chi connectivity index (χ3n) is 6.42. The number of tetrazole rings is 1. The zero-order valence-electron chi connectivity index (χ0n) is 20.3. The van der Waals surface area contributed by atoms with E-state index in [1.165, 1.54) is 12.1 Å². The summed E-state index contributed by atoms with van der Waals surface area (Å²) in [5, 5.41) is 12.7. The van der Waals surface area contributed by atoms with Gasteiger partial charge in [-0.2, -0.15) is 0 Å². The summed E-state index contributed by atoms with van der Waals surface area (Å²) in [5.41, 5.74) is 2.19. The van der Waals surface area contributed by atoms with Crippen molar-refractivity contribution in [1.82, 2.24) is 25.1 Å². The van der Waals surface area contributed by atoms with Gasteiger partial charge >= 0.3 is 0 Å². The second kappa shape index (κ2) is 10.8. The van der Waals surface area contributed by atoms with Gasteiger partial charge in [0.2, 0.25) is 0 Å². The molecule has 1 aromatic heterocycles. The fourth-order valence-corrected chi connectivity index (χ4v) is 4.65. The lowest BCUT2D eigenvalue weighted by molar-refractivity contribution is 0.134. The largest absolute Gasteiger partial charge is 0.493 e. The van der Waals surface area contributed by atoms with Crippen LogP contribution >= 0.6 is 0 Å². The van der Waals surface area contributed by atoms with Gasteiger partial charge in [0, 0.05) is 38.4 Å². The van der Waals surface area contributed by atoms with E-state index in [0.29, 0.717) is 18.2 Å². The Hall–Kier alpha value is -3.20. The van der Waals surface area contributed by atoms with Gasteiger partial charge in [-0.1, -0.05) is 19.9 Å². The van der Waals surface area contributed by atoms with Gasteiger partial charge in [-0.25, -0.2) is 9.07 Å². The van der Waals surface area contributed by atoms with Crippen LogP contribution in [0.1, 0.15) is 31.3 Å². The number of aromatic nitrogens is 4. The smallest absolute Gasteiger partial charge is 0.168 e. The van der Waals surface area contributed by atoms with E-state index in [9.17, 15) is 4.39 Å². The molecule has 9 heteroatoms. The number of benzene rings is 2. The molecule has 4 rings (SSSR count). The Morgan fingerprint density at radius 3 is 2.29 bits per heavy atom. The summed E-state index contributed by atoms with van der Waals surface area (Å²) in [7, 11) is 3.28. The number of anilines is 1. The van der Waals surface area contributed by atoms with Gasteiger partial charge in [-0.3, -0.25) is 4.90 Å². The first-order valence-corrected chi connectivity index (χ1v) is 11.7. The van der Waals surface area contributed by atoms with E-state index >= 15 is 0 Å². The third-order valence-corrected chi connectivity index (χ3v) is 6.42. The van der Waals surface area contributed by atoms with E-state index in [1.807, 2.05) is 35.0 Å². The summed E-state index contributed by atoms with van der Waals surface area (Å²) >= 11 is 0. The van der Waals surface area contributed by atoms with Gasteiger partial charge in [0.15, 0.2) is 17.3 Å². The molecule has 0 bridgehead atoms. The van der Waals surface area contributed by atoms with Crippen LogP contribution < -0.4 is 14.4 Å². The van der Waals surface area contributed by atoms with E-state index in [4.69, 9.17) is 9.47 Å². The summed E-state index contributed by atoms with van der Waals surface area (Å²) in [6.45, 7) is 8.64. The summed E-state index contributed by atoms with van der Waals surface area (Å²) in [4.78, 5) is 4.76. The first-order valence-electron chi connectivity index (χ1n) is 11.7. The lowest BCUT2D eigenvalue weighted by atomic mass is 10.0. The summed E-state index contributed by atoms with van der Waals surface area (Å²) < 4.78 is 26.0. The standard InChI is InChI=1S/C25H33FN6O2/c1-18(2)24(31-15-13-30(14-16-31)21-8-6-20(26)7-9-21)25-27-28-29-32(25)12-11-19-5-10-22(33-3)23(17-19)34-4/h5-10,17-18,24H,11-16H2,1-4H3/t24-/m1/s1. The number of hydrogen-bond acceptors (Lipinski definition) is 7. The van der Waals surface area contributed by atoms with Gasteiger partial charge < -0.3 is 14.4 Å². The Morgan fingerprint density at radius 2 is 1.65 bits per heavy atom. The first-order chi connectivity index (χ1) is 16.5. The van der Waals surface area contributed by atoms with Gasteiger partial charge in [0.05, 0.1) is 20.3 Å². The molecule has 0 radical (unpaired) electrons. The summed E-state index contributed by atoms with van der Waals surface area (Å²) in [6, 6.07) is 12.8. The third kappa shape index (κ3) is 5.30. The van der Waals surface area contributed by atoms with E-state index in [-0.39, 0.29) is 11.9 Å². The highest BCUT2D eigenvalue weighted by atomic mass is 19.1. The van der Waals surface area contributed by atoms with Crippen LogP contribution in [0.5, 0.6) is 11.5 Å². The number of aryl methyl sites for hydroxylation is 2. The first kappa shape index (κ1) is 23.9. The molecule has 0 N–H and O–H groups in total. The van der Waals surface area contributed by atoms with Crippen molar-refractivity contribution in [2.75, 3.05) is 45.3 Å². The van der Waals surface area contributed by atoms with E-state index in [1.54, 1.807) is 14.2 Å². The molecule has 2 aromatic carbocycles. The quantitative estimate of drug-likeness (QED) is 0.475. The highest BCUT2D eigenvalue weighted by molar-refractivity contribution is 5.46. The molecule has 182 valence electrons. The van der Waals surface area contributed by atoms with Gasteiger partial charge in [-0.05, 0) is 64.7 Å². The molecule has 34 heavy (non-hydrogen) atoms. The normalized spacial score (nSPS) is 15.5. The van der Waals surface area contributed by atoms with E-state index < -0.39 is 0 Å². The molecule has 0 saturated carbocycles. The Morgan fingerprint density at radius 1 is 0.941 bits per heavy atom. The summed E-state index contributed by atoms with van der Waals surface area (Å²) in [6.07, 6.45) is 0.779. The SMILES string of the molecule is COc1ccc(CCn2nnnc2[C@@H](C(C)C)N2CCN(c3ccc(F)cc3)CC2)cc1OC. The lowest BCUT2D eigenvalue weighted by Crippen LogP contribution is -2.49. The fourth-order valence-electron chi connectivity index (χ4n) is 4.65. The van der Waals surface area contributed by atoms with Crippen molar-refractivity contribution in [2.45, 2.75) is 32.9 Å². The zero-order chi connectivity index (χ0) is 24.1. The van der Waals surface area contributed by atoms with Crippen molar-refractivity contribution < 1.29 is 13.9 Å². The Labute approximate surface area is 200 Å². The predicted molar refractivity (Wildman–Crippen MR) is 129 cm³/mol. The average molecular weight is 469 g/mol. The van der Waals surface area contributed by atoms with Crippen LogP contribution in [0.2, 0.25) is 0 Å². The van der Waals surface area contributed by atoms with Crippen LogP contribution in [0.3, 0.4) is 0 Å². The van der Waals surface area contributed by atoms with Crippen molar-refractivity contribution in [1.29, 1.82) is 0 Å².